The Balaban J connectivity index is 0.00000324. The van der Waals surface area contributed by atoms with E-state index in [2.05, 4.69) is 11.9 Å². The highest BCUT2D eigenvalue weighted by atomic mass is 35.5. The summed E-state index contributed by atoms with van der Waals surface area (Å²) in [4.78, 5) is 11.6. The van der Waals surface area contributed by atoms with Gasteiger partial charge in [0.25, 0.3) is 0 Å². The maximum atomic E-state index is 11.6. The fourth-order valence-electron chi connectivity index (χ4n) is 1.50. The second kappa shape index (κ2) is 7.97. The van der Waals surface area contributed by atoms with Crippen LogP contribution in [-0.2, 0) is 16.1 Å². The van der Waals surface area contributed by atoms with E-state index in [0.717, 1.165) is 0 Å². The fraction of sp³-hybridized carbons (Fsp3) is 0.400. The van der Waals surface area contributed by atoms with Crippen LogP contribution in [-0.4, -0.2) is 18.1 Å². The first-order valence-electron chi connectivity index (χ1n) is 6.13. The van der Waals surface area contributed by atoms with E-state index in [1.807, 2.05) is 44.2 Å². The molecule has 19 heavy (non-hydrogen) atoms. The van der Waals surface area contributed by atoms with Crippen molar-refractivity contribution in [2.75, 3.05) is 6.61 Å². The Bertz CT molecular complexity index is 415. The van der Waals surface area contributed by atoms with Crippen LogP contribution in [0.25, 0.3) is 0 Å². The zero-order valence-electron chi connectivity index (χ0n) is 11.7. The first-order valence-corrected chi connectivity index (χ1v) is 6.13. The van der Waals surface area contributed by atoms with Crippen molar-refractivity contribution in [1.29, 1.82) is 0 Å². The Morgan fingerprint density at radius 1 is 1.32 bits per heavy atom. The third kappa shape index (κ3) is 5.45. The molecule has 4 heteroatoms. The van der Waals surface area contributed by atoms with E-state index in [1.54, 1.807) is 6.92 Å². The topological polar surface area (TPSA) is 38.3 Å². The fourth-order valence-corrected chi connectivity index (χ4v) is 1.50. The van der Waals surface area contributed by atoms with Gasteiger partial charge < -0.3 is 10.1 Å². The summed E-state index contributed by atoms with van der Waals surface area (Å²) in [6.07, 6.45) is 0. The third-order valence-electron chi connectivity index (χ3n) is 2.85. The van der Waals surface area contributed by atoms with Gasteiger partial charge in [0.15, 0.2) is 0 Å². The lowest BCUT2D eigenvalue weighted by Crippen LogP contribution is -2.43. The summed E-state index contributed by atoms with van der Waals surface area (Å²) < 4.78 is 4.96. The highest BCUT2D eigenvalue weighted by molar-refractivity contribution is 5.90. The molecule has 1 rings (SSSR count). The minimum atomic E-state index is -0.484. The molecule has 0 unspecified atom stereocenters. The van der Waals surface area contributed by atoms with Gasteiger partial charge in [-0.25, -0.2) is 4.79 Å². The van der Waals surface area contributed by atoms with Gasteiger partial charge in [-0.15, -0.1) is 12.4 Å². The number of rotatable bonds is 6. The molecule has 0 bridgehead atoms. The molecule has 0 aliphatic carbocycles. The van der Waals surface area contributed by atoms with Crippen molar-refractivity contribution in [2.24, 2.45) is 0 Å². The molecule has 3 nitrogen and oxygen atoms in total. The van der Waals surface area contributed by atoms with E-state index >= 15 is 0 Å². The molecule has 1 aromatic rings. The van der Waals surface area contributed by atoms with Crippen LogP contribution in [0.15, 0.2) is 42.5 Å². The Labute approximate surface area is 121 Å². The van der Waals surface area contributed by atoms with E-state index in [0.29, 0.717) is 18.7 Å². The molecular formula is C15H22ClNO2. The second-order valence-electron chi connectivity index (χ2n) is 4.66. The number of carbonyl (C=O) groups is 1. The maximum absolute atomic E-state index is 11.6. The minimum absolute atomic E-state index is 0. The van der Waals surface area contributed by atoms with Gasteiger partial charge in [-0.1, -0.05) is 36.9 Å². The summed E-state index contributed by atoms with van der Waals surface area (Å²) in [6.45, 7) is 10.5. The summed E-state index contributed by atoms with van der Waals surface area (Å²) in [6, 6.07) is 10.0. The van der Waals surface area contributed by atoms with Gasteiger partial charge in [-0.3, -0.25) is 0 Å². The number of hydrogen-bond donors (Lipinski definition) is 1. The highest BCUT2D eigenvalue weighted by Gasteiger charge is 2.27. The largest absolute Gasteiger partial charge is 0.463 e. The number of nitrogens with one attached hydrogen (secondary N) is 1. The first-order chi connectivity index (χ1) is 8.47. The van der Waals surface area contributed by atoms with Gasteiger partial charge in [-0.2, -0.15) is 0 Å². The number of esters is 1. The third-order valence-corrected chi connectivity index (χ3v) is 2.85. The van der Waals surface area contributed by atoms with E-state index in [1.165, 1.54) is 5.56 Å². The second-order valence-corrected chi connectivity index (χ2v) is 4.66. The minimum Gasteiger partial charge on any atom is -0.463 e. The molecule has 1 aromatic carbocycles. The molecule has 0 aliphatic rings. The van der Waals surface area contributed by atoms with Crippen molar-refractivity contribution in [1.82, 2.24) is 5.32 Å². The van der Waals surface area contributed by atoms with Crippen molar-refractivity contribution >= 4 is 18.4 Å². The van der Waals surface area contributed by atoms with Crippen LogP contribution < -0.4 is 5.32 Å². The summed E-state index contributed by atoms with van der Waals surface area (Å²) in [5.74, 6) is -0.344. The zero-order chi connectivity index (χ0) is 13.6. The van der Waals surface area contributed by atoms with Crippen LogP contribution in [0.2, 0.25) is 0 Å². The monoisotopic (exact) mass is 283 g/mol. The summed E-state index contributed by atoms with van der Waals surface area (Å²) in [5.41, 5.74) is 1.13. The molecule has 0 aliphatic heterocycles. The molecule has 0 fully saturated rings. The van der Waals surface area contributed by atoms with E-state index in [-0.39, 0.29) is 18.4 Å². The molecule has 0 aromatic heterocycles. The number of benzene rings is 1. The molecule has 0 saturated heterocycles. The lowest BCUT2D eigenvalue weighted by molar-refractivity contribution is -0.139. The lowest BCUT2D eigenvalue weighted by atomic mass is 9.95. The van der Waals surface area contributed by atoms with Crippen LogP contribution in [0, 0.1) is 0 Å². The number of hydrogen-bond acceptors (Lipinski definition) is 3. The molecule has 1 N–H and O–H groups in total. The Hall–Kier alpha value is -1.32. The van der Waals surface area contributed by atoms with Gasteiger partial charge in [0, 0.05) is 17.7 Å². The summed E-state index contributed by atoms with van der Waals surface area (Å²) >= 11 is 0. The highest BCUT2D eigenvalue weighted by Crippen LogP contribution is 2.16. The molecule has 0 amide bonds. The predicted molar refractivity (Wildman–Crippen MR) is 80.4 cm³/mol. The van der Waals surface area contributed by atoms with Crippen molar-refractivity contribution in [3.63, 3.8) is 0 Å². The van der Waals surface area contributed by atoms with Gasteiger partial charge >= 0.3 is 5.97 Å². The van der Waals surface area contributed by atoms with Crippen molar-refractivity contribution < 1.29 is 9.53 Å². The van der Waals surface area contributed by atoms with Crippen LogP contribution in [0.5, 0.6) is 0 Å². The number of carbonyl (C=O) groups excluding carboxylic acids is 1. The Morgan fingerprint density at radius 3 is 2.42 bits per heavy atom. The molecule has 0 heterocycles. The summed E-state index contributed by atoms with van der Waals surface area (Å²) in [7, 11) is 0. The van der Waals surface area contributed by atoms with Gasteiger partial charge in [-0.05, 0) is 26.3 Å². The van der Waals surface area contributed by atoms with Crippen molar-refractivity contribution in [3.8, 4) is 0 Å². The maximum Gasteiger partial charge on any atom is 0.335 e. The number of ether oxygens (including phenoxy) is 1. The van der Waals surface area contributed by atoms with E-state index in [9.17, 15) is 4.79 Å². The zero-order valence-corrected chi connectivity index (χ0v) is 12.5. The van der Waals surface area contributed by atoms with Gasteiger partial charge in [0.2, 0.25) is 0 Å². The average molecular weight is 284 g/mol. The molecule has 106 valence electrons. The van der Waals surface area contributed by atoms with Crippen LogP contribution >= 0.6 is 12.4 Å². The van der Waals surface area contributed by atoms with E-state index < -0.39 is 5.54 Å². The van der Waals surface area contributed by atoms with E-state index in [4.69, 9.17) is 4.74 Å². The standard InChI is InChI=1S/C15H21NO2.ClH/c1-5-18-14(17)12(2)15(3,4)16-11-13-9-7-6-8-10-13;/h6-10,16H,2,5,11H2,1,3-4H3;1H. The van der Waals surface area contributed by atoms with Crippen LogP contribution in [0.3, 0.4) is 0 Å². The van der Waals surface area contributed by atoms with Gasteiger partial charge in [0.05, 0.1) is 6.61 Å². The van der Waals surface area contributed by atoms with Crippen LogP contribution in [0.4, 0.5) is 0 Å². The Kier molecular flexibility index (Phi) is 7.42. The molecule has 0 atom stereocenters. The predicted octanol–water partition coefficient (Wildman–Crippen LogP) is 3.10. The normalized spacial score (nSPS) is 10.5. The first kappa shape index (κ1) is 17.7. The van der Waals surface area contributed by atoms with Gasteiger partial charge in [0.1, 0.15) is 0 Å². The molecule has 0 radical (unpaired) electrons. The lowest BCUT2D eigenvalue weighted by Gasteiger charge is -2.27. The average Bonchev–Trinajstić information content (AvgIpc) is 2.37. The molecule has 0 spiro atoms. The smallest absolute Gasteiger partial charge is 0.335 e. The van der Waals surface area contributed by atoms with Crippen LogP contribution in [0.1, 0.15) is 26.3 Å². The molecule has 0 saturated carbocycles. The summed E-state index contributed by atoms with van der Waals surface area (Å²) in [5, 5.41) is 3.31. The quantitative estimate of drug-likeness (QED) is 0.644. The number of halogens is 1. The van der Waals surface area contributed by atoms with Crippen molar-refractivity contribution in [2.45, 2.75) is 32.9 Å². The Morgan fingerprint density at radius 2 is 1.89 bits per heavy atom. The SMILES string of the molecule is C=C(C(=O)OCC)C(C)(C)NCc1ccccc1.Cl. The molecular weight excluding hydrogens is 262 g/mol. The van der Waals surface area contributed by atoms with Crippen molar-refractivity contribution in [3.05, 3.63) is 48.0 Å².